The Morgan fingerprint density at radius 1 is 0.788 bits per heavy atom. The van der Waals surface area contributed by atoms with Gasteiger partial charge in [0.2, 0.25) is 0 Å². The third-order valence-electron chi connectivity index (χ3n) is 5.70. The minimum atomic E-state index is -2.04. The first-order valence-electron chi connectivity index (χ1n) is 10.7. The fourth-order valence-electron chi connectivity index (χ4n) is 4.11. The molecule has 0 saturated carbocycles. The van der Waals surface area contributed by atoms with Gasteiger partial charge in [0.15, 0.2) is 0 Å². The summed E-state index contributed by atoms with van der Waals surface area (Å²) in [5, 5.41) is 15.4. The summed E-state index contributed by atoms with van der Waals surface area (Å²) >= 11 is 0. The molecule has 5 heteroatoms. The van der Waals surface area contributed by atoms with Gasteiger partial charge in [-0.3, -0.25) is 10.1 Å². The average Bonchev–Trinajstić information content (AvgIpc) is 2.88. The molecule has 0 aliphatic carbocycles. The summed E-state index contributed by atoms with van der Waals surface area (Å²) in [7, 11) is -0.475. The highest BCUT2D eigenvalue weighted by atomic mass is 31.2. The maximum atomic E-state index is 11.6. The molecule has 4 aromatic rings. The third kappa shape index (κ3) is 4.72. The van der Waals surface area contributed by atoms with Gasteiger partial charge >= 0.3 is 0 Å². The van der Waals surface area contributed by atoms with E-state index in [4.69, 9.17) is 4.74 Å². The Hall–Kier alpha value is -3.75. The predicted molar refractivity (Wildman–Crippen MR) is 139 cm³/mol. The number of rotatable bonds is 8. The van der Waals surface area contributed by atoms with Crippen molar-refractivity contribution in [2.45, 2.75) is 0 Å². The maximum Gasteiger partial charge on any atom is 0.276 e. The molecule has 0 saturated heterocycles. The van der Waals surface area contributed by atoms with Crippen molar-refractivity contribution in [1.82, 2.24) is 0 Å². The summed E-state index contributed by atoms with van der Waals surface area (Å²) in [6.07, 6.45) is 4.66. The van der Waals surface area contributed by atoms with E-state index in [1.165, 1.54) is 22.0 Å². The van der Waals surface area contributed by atoms with Gasteiger partial charge < -0.3 is 4.74 Å². The van der Waals surface area contributed by atoms with Gasteiger partial charge in [-0.15, -0.1) is 0 Å². The minimum absolute atomic E-state index is 0.0649. The summed E-state index contributed by atoms with van der Waals surface area (Å²) in [5.74, 6) is 0.593. The Labute approximate surface area is 194 Å². The molecule has 0 aliphatic heterocycles. The van der Waals surface area contributed by atoms with Crippen LogP contribution in [-0.2, 0) is 0 Å². The number of allylic oxidation sites excluding steroid dienone is 1. The summed E-state index contributed by atoms with van der Waals surface area (Å²) in [6, 6.07) is 36.5. The van der Waals surface area contributed by atoms with E-state index in [1.54, 1.807) is 19.2 Å². The van der Waals surface area contributed by atoms with Crippen LogP contribution in [0.3, 0.4) is 0 Å². The van der Waals surface area contributed by atoms with E-state index in [0.717, 1.165) is 6.16 Å². The van der Waals surface area contributed by atoms with Crippen LogP contribution < -0.4 is 20.7 Å². The Morgan fingerprint density at radius 2 is 1.27 bits per heavy atom. The number of methoxy groups -OCH3 is 1. The van der Waals surface area contributed by atoms with Gasteiger partial charge in [-0.1, -0.05) is 54.6 Å². The molecule has 4 rings (SSSR count). The third-order valence-corrected chi connectivity index (χ3v) is 10.00. The summed E-state index contributed by atoms with van der Waals surface area (Å²) in [5.41, 5.74) is 0.599. The number of nitrogens with zero attached hydrogens (tertiary/aromatic N) is 1. The Morgan fingerprint density at radius 3 is 1.70 bits per heavy atom. The fourth-order valence-corrected chi connectivity index (χ4v) is 8.10. The largest absolute Gasteiger partial charge is 0.497 e. The first-order chi connectivity index (χ1) is 16.1. The molecule has 0 unspecified atom stereocenters. The monoisotopic (exact) mass is 454 g/mol. The molecule has 0 heterocycles. The topological polar surface area (TPSA) is 52.4 Å². The Balaban J connectivity index is 1.86. The van der Waals surface area contributed by atoms with Gasteiger partial charge in [0, 0.05) is 6.07 Å². The molecule has 33 heavy (non-hydrogen) atoms. The lowest BCUT2D eigenvalue weighted by atomic mass is 10.1. The van der Waals surface area contributed by atoms with Crippen molar-refractivity contribution in [2.24, 2.45) is 0 Å². The van der Waals surface area contributed by atoms with Crippen LogP contribution in [0.15, 0.2) is 115 Å². The van der Waals surface area contributed by atoms with E-state index in [0.29, 0.717) is 11.3 Å². The van der Waals surface area contributed by atoms with Crippen LogP contribution >= 0.6 is 7.26 Å². The molecule has 0 bridgehead atoms. The highest BCUT2D eigenvalue weighted by Crippen LogP contribution is 2.55. The van der Waals surface area contributed by atoms with Crippen LogP contribution in [0.2, 0.25) is 0 Å². The molecule has 0 aromatic heterocycles. The van der Waals surface area contributed by atoms with Crippen molar-refractivity contribution in [3.63, 3.8) is 0 Å². The van der Waals surface area contributed by atoms with Crippen molar-refractivity contribution in [2.75, 3.05) is 13.3 Å². The van der Waals surface area contributed by atoms with Crippen molar-refractivity contribution < 1.29 is 9.66 Å². The lowest BCUT2D eigenvalue weighted by Gasteiger charge is -2.26. The predicted octanol–water partition coefficient (Wildman–Crippen LogP) is 5.61. The summed E-state index contributed by atoms with van der Waals surface area (Å²) in [6.45, 7) is 0. The van der Waals surface area contributed by atoms with Crippen molar-refractivity contribution in [3.05, 3.63) is 131 Å². The molecule has 4 nitrogen and oxygen atoms in total. The lowest BCUT2D eigenvalue weighted by Crippen LogP contribution is -2.32. The van der Waals surface area contributed by atoms with Gasteiger partial charge in [0.25, 0.3) is 5.69 Å². The summed E-state index contributed by atoms with van der Waals surface area (Å²) in [4.78, 5) is 11.2. The quantitative estimate of drug-likeness (QED) is 0.198. The zero-order chi connectivity index (χ0) is 23.1. The van der Waals surface area contributed by atoms with Gasteiger partial charge in [-0.05, 0) is 60.7 Å². The second-order valence-corrected chi connectivity index (χ2v) is 11.1. The molecule has 0 fully saturated rings. The number of hydrogen-bond donors (Lipinski definition) is 0. The SMILES string of the molecule is COc1ccc([N+](=O)[O-])c(/C=C\C[P+](c2ccccc2)(c2ccccc2)c2ccccc2)c1. The number of nitro benzene ring substituents is 1. The Kier molecular flexibility index (Phi) is 6.97. The Bertz CT molecular complexity index is 1150. The van der Waals surface area contributed by atoms with Crippen LogP contribution in [0.5, 0.6) is 5.75 Å². The standard InChI is InChI=1S/C28H25NO3P/c1-32-24-19-20-28(29(30)31)23(22-24)12-11-21-33(25-13-5-2-6-14-25,26-15-7-3-8-16-26)27-17-9-4-10-18-27/h2-20,22H,21H2,1H3/q+1/b12-11-. The molecule has 164 valence electrons. The average molecular weight is 454 g/mol. The van der Waals surface area contributed by atoms with E-state index >= 15 is 0 Å². The van der Waals surface area contributed by atoms with Crippen LogP contribution in [0, 0.1) is 10.1 Å². The van der Waals surface area contributed by atoms with Crippen LogP contribution in [0.4, 0.5) is 5.69 Å². The molecule has 0 N–H and O–H groups in total. The number of hydrogen-bond acceptors (Lipinski definition) is 3. The van der Waals surface area contributed by atoms with E-state index < -0.39 is 7.26 Å². The highest BCUT2D eigenvalue weighted by molar-refractivity contribution is 7.95. The van der Waals surface area contributed by atoms with Gasteiger partial charge in [0.05, 0.1) is 23.8 Å². The van der Waals surface area contributed by atoms with Gasteiger partial charge in [-0.25, -0.2) is 0 Å². The minimum Gasteiger partial charge on any atom is -0.497 e. The lowest BCUT2D eigenvalue weighted by molar-refractivity contribution is -0.385. The van der Waals surface area contributed by atoms with Crippen LogP contribution in [0.1, 0.15) is 5.56 Å². The molecule has 0 radical (unpaired) electrons. The highest BCUT2D eigenvalue weighted by Gasteiger charge is 2.44. The maximum absolute atomic E-state index is 11.6. The molecule has 0 amide bonds. The second kappa shape index (κ2) is 10.2. The van der Waals surface area contributed by atoms with Gasteiger partial charge in [0.1, 0.15) is 28.9 Å². The number of benzene rings is 4. The fraction of sp³-hybridized carbons (Fsp3) is 0.0714. The van der Waals surface area contributed by atoms with Gasteiger partial charge in [-0.2, -0.15) is 0 Å². The zero-order valence-corrected chi connectivity index (χ0v) is 19.3. The molecular weight excluding hydrogens is 429 g/mol. The van der Waals surface area contributed by atoms with E-state index in [9.17, 15) is 10.1 Å². The smallest absolute Gasteiger partial charge is 0.276 e. The molecule has 0 atom stereocenters. The number of nitro groups is 1. The molecule has 0 aliphatic rings. The zero-order valence-electron chi connectivity index (χ0n) is 18.4. The molecule has 4 aromatic carbocycles. The first-order valence-corrected chi connectivity index (χ1v) is 12.7. The van der Waals surface area contributed by atoms with E-state index in [-0.39, 0.29) is 10.6 Å². The molecule has 0 spiro atoms. The van der Waals surface area contributed by atoms with Crippen LogP contribution in [-0.4, -0.2) is 18.2 Å². The van der Waals surface area contributed by atoms with Crippen molar-refractivity contribution in [1.29, 1.82) is 0 Å². The first kappa shape index (κ1) is 22.4. The normalized spacial score (nSPS) is 11.4. The van der Waals surface area contributed by atoms with Crippen LogP contribution in [0.25, 0.3) is 6.08 Å². The second-order valence-electron chi connectivity index (χ2n) is 7.58. The number of ether oxygens (including phenoxy) is 1. The van der Waals surface area contributed by atoms with Crippen molar-refractivity contribution in [3.8, 4) is 5.75 Å². The summed E-state index contributed by atoms with van der Waals surface area (Å²) < 4.78 is 5.30. The van der Waals surface area contributed by atoms with Crippen molar-refractivity contribution >= 4 is 34.9 Å². The molecular formula is C28H25NO3P+. The van der Waals surface area contributed by atoms with E-state index in [2.05, 4.69) is 78.9 Å². The van der Waals surface area contributed by atoms with E-state index in [1.807, 2.05) is 24.3 Å².